The smallest absolute Gasteiger partial charge is 0.175 e. The monoisotopic (exact) mass is 318 g/mol. The largest absolute Gasteiger partial charge is 0.384 e. The molecule has 3 aromatic rings. The van der Waals surface area contributed by atoms with E-state index in [4.69, 9.17) is 4.74 Å². The number of rotatable bonds is 6. The van der Waals surface area contributed by atoms with Crippen LogP contribution < -0.4 is 15.6 Å². The first-order valence-electron chi connectivity index (χ1n) is 8.12. The van der Waals surface area contributed by atoms with Crippen molar-refractivity contribution in [3.05, 3.63) is 91.0 Å². The second-order valence-corrected chi connectivity index (χ2v) is 9.47. The zero-order valence-corrected chi connectivity index (χ0v) is 14.5. The maximum Gasteiger partial charge on any atom is 0.175 e. The molecule has 0 saturated heterocycles. The molecule has 0 spiro atoms. The van der Waals surface area contributed by atoms with E-state index in [1.54, 1.807) is 0 Å². The fourth-order valence-corrected chi connectivity index (χ4v) is 7.47. The van der Waals surface area contributed by atoms with E-state index in [9.17, 15) is 0 Å². The van der Waals surface area contributed by atoms with E-state index in [0.717, 1.165) is 12.8 Å². The molecule has 0 radical (unpaired) electrons. The lowest BCUT2D eigenvalue weighted by atomic mass is 10.3. The van der Waals surface area contributed by atoms with Crippen LogP contribution in [0.3, 0.4) is 0 Å². The van der Waals surface area contributed by atoms with E-state index in [1.807, 2.05) is 0 Å². The van der Waals surface area contributed by atoms with Crippen molar-refractivity contribution in [2.45, 2.75) is 6.92 Å². The lowest BCUT2D eigenvalue weighted by Gasteiger charge is -2.33. The average molecular weight is 318 g/mol. The normalized spacial score (nSPS) is 11.3. The molecule has 0 N–H and O–H groups in total. The van der Waals surface area contributed by atoms with Crippen molar-refractivity contribution in [3.8, 4) is 0 Å². The van der Waals surface area contributed by atoms with Gasteiger partial charge in [-0.2, -0.15) is 0 Å². The summed E-state index contributed by atoms with van der Waals surface area (Å²) in [6.45, 7) is 2.81. The van der Waals surface area contributed by atoms with Gasteiger partial charge >= 0.3 is 0 Å². The number of hydrogen-bond donors (Lipinski definition) is 0. The van der Waals surface area contributed by atoms with Crippen LogP contribution >= 0.6 is 0 Å². The number of benzene rings is 3. The SMILES string of the molecule is CCOC[Si](c1ccccc1)(c1ccccc1)c1ccccc1. The molecule has 2 heteroatoms. The molecule has 0 saturated carbocycles. The second-order valence-electron chi connectivity index (χ2n) is 5.64. The average Bonchev–Trinajstić information content (AvgIpc) is 2.65. The van der Waals surface area contributed by atoms with Crippen LogP contribution in [-0.2, 0) is 4.74 Å². The first-order chi connectivity index (χ1) is 11.4. The van der Waals surface area contributed by atoms with Gasteiger partial charge < -0.3 is 4.74 Å². The van der Waals surface area contributed by atoms with Crippen LogP contribution in [0.25, 0.3) is 0 Å². The molecule has 0 heterocycles. The zero-order valence-electron chi connectivity index (χ0n) is 13.5. The highest BCUT2D eigenvalue weighted by molar-refractivity contribution is 7.11. The van der Waals surface area contributed by atoms with Crippen LogP contribution in [0.1, 0.15) is 6.92 Å². The van der Waals surface area contributed by atoms with Crippen LogP contribution in [0.15, 0.2) is 91.0 Å². The van der Waals surface area contributed by atoms with E-state index in [2.05, 4.69) is 97.9 Å². The second kappa shape index (κ2) is 7.40. The maximum absolute atomic E-state index is 6.02. The summed E-state index contributed by atoms with van der Waals surface area (Å²) in [5.41, 5.74) is 0. The summed E-state index contributed by atoms with van der Waals surface area (Å²) in [5, 5.41) is 4.18. The van der Waals surface area contributed by atoms with Crippen molar-refractivity contribution in [1.82, 2.24) is 0 Å². The quantitative estimate of drug-likeness (QED) is 0.502. The molecule has 0 fully saturated rings. The highest BCUT2D eigenvalue weighted by Gasteiger charge is 2.39. The molecule has 0 bridgehead atoms. The van der Waals surface area contributed by atoms with Gasteiger partial charge in [0, 0.05) is 6.61 Å². The van der Waals surface area contributed by atoms with Crippen molar-refractivity contribution in [3.63, 3.8) is 0 Å². The Labute approximate surface area is 139 Å². The molecule has 0 aliphatic rings. The standard InChI is InChI=1S/C21H22OSi/c1-2-22-18-23(19-12-6-3-7-13-19,20-14-8-4-9-15-20)21-16-10-5-11-17-21/h3-17H,2,18H2,1H3. The zero-order chi connectivity index (χ0) is 16.0. The Hall–Kier alpha value is -2.16. The lowest BCUT2D eigenvalue weighted by Crippen LogP contribution is -2.70. The summed E-state index contributed by atoms with van der Waals surface area (Å²) in [5.74, 6) is 0. The molecule has 0 aliphatic heterocycles. The minimum Gasteiger partial charge on any atom is -0.384 e. The lowest BCUT2D eigenvalue weighted by molar-refractivity contribution is 0.191. The molecule has 23 heavy (non-hydrogen) atoms. The van der Waals surface area contributed by atoms with Crippen molar-refractivity contribution < 1.29 is 4.74 Å². The number of ether oxygens (including phenoxy) is 1. The summed E-state index contributed by atoms with van der Waals surface area (Å²) in [7, 11) is -2.17. The summed E-state index contributed by atoms with van der Waals surface area (Å²) in [6.07, 6.45) is 0.765. The number of hydrogen-bond acceptors (Lipinski definition) is 1. The Kier molecular flexibility index (Phi) is 5.06. The van der Waals surface area contributed by atoms with Gasteiger partial charge in [0.15, 0.2) is 8.07 Å². The van der Waals surface area contributed by atoms with Crippen LogP contribution in [0.2, 0.25) is 0 Å². The van der Waals surface area contributed by atoms with Gasteiger partial charge in [0.1, 0.15) is 0 Å². The Morgan fingerprint density at radius 3 is 1.26 bits per heavy atom. The maximum atomic E-state index is 6.02. The van der Waals surface area contributed by atoms with Crippen LogP contribution in [-0.4, -0.2) is 20.9 Å². The predicted molar refractivity (Wildman–Crippen MR) is 100 cm³/mol. The van der Waals surface area contributed by atoms with Gasteiger partial charge in [0.05, 0.1) is 6.23 Å². The molecule has 0 aromatic heterocycles. The Morgan fingerprint density at radius 1 is 0.609 bits per heavy atom. The first-order valence-corrected chi connectivity index (χ1v) is 10.3. The van der Waals surface area contributed by atoms with Crippen molar-refractivity contribution in [2.24, 2.45) is 0 Å². The van der Waals surface area contributed by atoms with Crippen molar-refractivity contribution in [1.29, 1.82) is 0 Å². The predicted octanol–water partition coefficient (Wildman–Crippen LogP) is 2.73. The molecule has 3 aromatic carbocycles. The minimum absolute atomic E-state index is 0.737. The Balaban J connectivity index is 2.25. The third-order valence-corrected chi connectivity index (χ3v) is 8.92. The van der Waals surface area contributed by atoms with E-state index < -0.39 is 8.07 Å². The van der Waals surface area contributed by atoms with Gasteiger partial charge in [-0.1, -0.05) is 91.0 Å². The van der Waals surface area contributed by atoms with Gasteiger partial charge in [0.2, 0.25) is 0 Å². The van der Waals surface area contributed by atoms with Gasteiger partial charge in [-0.3, -0.25) is 0 Å². The van der Waals surface area contributed by atoms with E-state index in [1.165, 1.54) is 15.6 Å². The highest BCUT2D eigenvalue weighted by Crippen LogP contribution is 2.08. The van der Waals surface area contributed by atoms with Crippen molar-refractivity contribution in [2.75, 3.05) is 12.8 Å². The third-order valence-electron chi connectivity index (χ3n) is 4.32. The fourth-order valence-electron chi connectivity index (χ4n) is 3.17. The third kappa shape index (κ3) is 3.14. The molecule has 116 valence electrons. The minimum atomic E-state index is -2.17. The van der Waals surface area contributed by atoms with E-state index in [-0.39, 0.29) is 0 Å². The van der Waals surface area contributed by atoms with Crippen molar-refractivity contribution >= 4 is 23.6 Å². The van der Waals surface area contributed by atoms with Gasteiger partial charge in [0.25, 0.3) is 0 Å². The molecule has 3 rings (SSSR count). The topological polar surface area (TPSA) is 9.23 Å². The van der Waals surface area contributed by atoms with Gasteiger partial charge in [-0.05, 0) is 22.5 Å². The summed E-state index contributed by atoms with van der Waals surface area (Å²) < 4.78 is 6.02. The molecular weight excluding hydrogens is 296 g/mol. The van der Waals surface area contributed by atoms with Gasteiger partial charge in [-0.25, -0.2) is 0 Å². The van der Waals surface area contributed by atoms with Gasteiger partial charge in [-0.15, -0.1) is 0 Å². The molecule has 0 aliphatic carbocycles. The summed E-state index contributed by atoms with van der Waals surface area (Å²) >= 11 is 0. The Bertz CT molecular complexity index is 614. The fraction of sp³-hybridized carbons (Fsp3) is 0.143. The summed E-state index contributed by atoms with van der Waals surface area (Å²) in [6, 6.07) is 32.6. The molecule has 0 amide bonds. The van der Waals surface area contributed by atoms with Crippen LogP contribution in [0, 0.1) is 0 Å². The first kappa shape index (κ1) is 15.7. The van der Waals surface area contributed by atoms with Crippen LogP contribution in [0.5, 0.6) is 0 Å². The molecule has 1 nitrogen and oxygen atoms in total. The van der Waals surface area contributed by atoms with E-state index in [0.29, 0.717) is 0 Å². The van der Waals surface area contributed by atoms with E-state index >= 15 is 0 Å². The molecule has 0 atom stereocenters. The molecular formula is C21H22OSi. The van der Waals surface area contributed by atoms with Crippen LogP contribution in [0.4, 0.5) is 0 Å². The summed E-state index contributed by atoms with van der Waals surface area (Å²) in [4.78, 5) is 0. The highest BCUT2D eigenvalue weighted by atomic mass is 28.3. The molecule has 0 unspecified atom stereocenters. The Morgan fingerprint density at radius 2 is 0.957 bits per heavy atom.